The van der Waals surface area contributed by atoms with Crippen LogP contribution in [-0.2, 0) is 0 Å². The highest BCUT2D eigenvalue weighted by Crippen LogP contribution is 2.27. The summed E-state index contributed by atoms with van der Waals surface area (Å²) < 4.78 is 41.6. The Morgan fingerprint density at radius 3 is 2.25 bits per heavy atom. The molecule has 1 N–H and O–H groups in total. The number of carbonyl (C=O) groups is 2. The number of benzene rings is 1. The summed E-state index contributed by atoms with van der Waals surface area (Å²) in [6.07, 6.45) is -4.89. The van der Waals surface area contributed by atoms with Crippen molar-refractivity contribution in [2.24, 2.45) is 0 Å². The average Bonchev–Trinajstić information content (AvgIpc) is 2.67. The van der Waals surface area contributed by atoms with Crippen LogP contribution < -0.4 is 9.64 Å². The number of halogens is 3. The Hall–Kier alpha value is -3.37. The van der Waals surface area contributed by atoms with Crippen LogP contribution >= 0.6 is 0 Å². The fourth-order valence-corrected chi connectivity index (χ4v) is 2.77. The highest BCUT2D eigenvalue weighted by Gasteiger charge is 2.34. The van der Waals surface area contributed by atoms with Crippen LogP contribution in [0.2, 0.25) is 0 Å². The number of piperazine rings is 1. The molecule has 0 radical (unpaired) electrons. The van der Waals surface area contributed by atoms with Gasteiger partial charge in [0.05, 0.1) is 5.56 Å². The zero-order valence-corrected chi connectivity index (χ0v) is 14.4. The lowest BCUT2D eigenvalue weighted by atomic mass is 10.1. The Morgan fingerprint density at radius 2 is 1.68 bits per heavy atom. The average molecular weight is 396 g/mol. The van der Waals surface area contributed by atoms with Crippen molar-refractivity contribution in [3.63, 3.8) is 0 Å². The summed E-state index contributed by atoms with van der Waals surface area (Å²) in [4.78, 5) is 26.7. The summed E-state index contributed by atoms with van der Waals surface area (Å²) in [6.45, 7) is 1.24. The van der Waals surface area contributed by atoms with Crippen LogP contribution in [0.5, 0.6) is 5.75 Å². The third-order valence-corrected chi connectivity index (χ3v) is 4.10. The quantitative estimate of drug-likeness (QED) is 0.845. The van der Waals surface area contributed by atoms with E-state index in [1.807, 2.05) is 0 Å². The minimum absolute atomic E-state index is 0.168. The molecule has 2 aromatic rings. The number of aromatic carboxylic acids is 1. The van der Waals surface area contributed by atoms with E-state index in [1.165, 1.54) is 35.2 Å². The molecule has 1 aromatic carbocycles. The van der Waals surface area contributed by atoms with Gasteiger partial charge in [-0.1, -0.05) is 12.1 Å². The van der Waals surface area contributed by atoms with Gasteiger partial charge in [-0.2, -0.15) is 0 Å². The number of nitrogens with zero attached hydrogens (tertiary/aromatic N) is 4. The second kappa shape index (κ2) is 7.71. The zero-order valence-electron chi connectivity index (χ0n) is 14.4. The van der Waals surface area contributed by atoms with Gasteiger partial charge in [-0.05, 0) is 24.3 Å². The van der Waals surface area contributed by atoms with Gasteiger partial charge in [0.1, 0.15) is 5.75 Å². The summed E-state index contributed by atoms with van der Waals surface area (Å²) in [5, 5.41) is 16.3. The van der Waals surface area contributed by atoms with E-state index in [0.29, 0.717) is 18.9 Å². The van der Waals surface area contributed by atoms with Crippen molar-refractivity contribution in [2.75, 3.05) is 31.1 Å². The lowest BCUT2D eigenvalue weighted by Crippen LogP contribution is -2.49. The molecule has 1 fully saturated rings. The normalized spacial score (nSPS) is 14.7. The molecular weight excluding hydrogens is 381 g/mol. The van der Waals surface area contributed by atoms with Gasteiger partial charge in [0.25, 0.3) is 5.91 Å². The van der Waals surface area contributed by atoms with Crippen LogP contribution in [0.1, 0.15) is 20.8 Å². The van der Waals surface area contributed by atoms with E-state index in [-0.39, 0.29) is 24.3 Å². The predicted octanol–water partition coefficient (Wildman–Crippen LogP) is 2.04. The fourth-order valence-electron chi connectivity index (χ4n) is 2.77. The van der Waals surface area contributed by atoms with E-state index in [1.54, 1.807) is 4.90 Å². The Labute approximate surface area is 157 Å². The Bertz CT molecular complexity index is 865. The standard InChI is InChI=1S/C17H15F3N4O4/c18-17(19,20)28-13-4-2-1-3-11(13)15(25)24-9-7-23(8-10-24)14-6-5-12(16(26)27)21-22-14/h1-6H,7-10H2,(H,26,27). The van der Waals surface area contributed by atoms with E-state index in [4.69, 9.17) is 5.11 Å². The van der Waals surface area contributed by atoms with E-state index < -0.39 is 24.0 Å². The van der Waals surface area contributed by atoms with Crippen molar-refractivity contribution >= 4 is 17.7 Å². The molecule has 0 atom stereocenters. The number of hydrogen-bond acceptors (Lipinski definition) is 6. The molecule has 0 spiro atoms. The molecule has 148 valence electrons. The number of ether oxygens (including phenoxy) is 1. The number of aromatic nitrogens is 2. The van der Waals surface area contributed by atoms with Crippen molar-refractivity contribution in [1.29, 1.82) is 0 Å². The van der Waals surface area contributed by atoms with Crippen LogP contribution in [0.25, 0.3) is 0 Å². The minimum atomic E-state index is -4.89. The first-order valence-corrected chi connectivity index (χ1v) is 8.20. The number of hydrogen-bond donors (Lipinski definition) is 1. The van der Waals surface area contributed by atoms with Crippen molar-refractivity contribution < 1.29 is 32.6 Å². The van der Waals surface area contributed by atoms with E-state index >= 15 is 0 Å². The highest BCUT2D eigenvalue weighted by molar-refractivity contribution is 5.97. The van der Waals surface area contributed by atoms with Crippen LogP contribution in [0.4, 0.5) is 19.0 Å². The van der Waals surface area contributed by atoms with E-state index in [9.17, 15) is 22.8 Å². The minimum Gasteiger partial charge on any atom is -0.476 e. The molecule has 0 aliphatic carbocycles. The van der Waals surface area contributed by atoms with Crippen LogP contribution in [0, 0.1) is 0 Å². The van der Waals surface area contributed by atoms with Gasteiger partial charge in [0.2, 0.25) is 0 Å². The summed E-state index contributed by atoms with van der Waals surface area (Å²) in [5.41, 5.74) is -0.349. The first kappa shape index (κ1) is 19.4. The second-order valence-corrected chi connectivity index (χ2v) is 5.91. The number of amides is 1. The molecule has 1 aromatic heterocycles. The molecule has 11 heteroatoms. The molecule has 1 amide bonds. The van der Waals surface area contributed by atoms with Crippen LogP contribution in [-0.4, -0.2) is 64.6 Å². The molecule has 0 saturated carbocycles. The third-order valence-electron chi connectivity index (χ3n) is 4.10. The van der Waals surface area contributed by atoms with Crippen molar-refractivity contribution in [2.45, 2.75) is 6.36 Å². The van der Waals surface area contributed by atoms with E-state index in [0.717, 1.165) is 6.07 Å². The Kier molecular flexibility index (Phi) is 5.34. The molecule has 1 aliphatic rings. The molecular formula is C17H15F3N4O4. The van der Waals surface area contributed by atoms with Crippen molar-refractivity contribution in [3.05, 3.63) is 47.7 Å². The number of rotatable bonds is 4. The van der Waals surface area contributed by atoms with Gasteiger partial charge in [0, 0.05) is 26.2 Å². The second-order valence-electron chi connectivity index (χ2n) is 5.91. The van der Waals surface area contributed by atoms with Gasteiger partial charge >= 0.3 is 12.3 Å². The molecule has 1 aliphatic heterocycles. The lowest BCUT2D eigenvalue weighted by molar-refractivity contribution is -0.274. The molecule has 8 nitrogen and oxygen atoms in total. The molecule has 3 rings (SSSR count). The van der Waals surface area contributed by atoms with Crippen LogP contribution in [0.15, 0.2) is 36.4 Å². The number of carbonyl (C=O) groups excluding carboxylic acids is 1. The lowest BCUT2D eigenvalue weighted by Gasteiger charge is -2.35. The summed E-state index contributed by atoms with van der Waals surface area (Å²) >= 11 is 0. The summed E-state index contributed by atoms with van der Waals surface area (Å²) in [7, 11) is 0. The number of anilines is 1. The summed E-state index contributed by atoms with van der Waals surface area (Å²) in [6, 6.07) is 8.04. The number of para-hydroxylation sites is 1. The van der Waals surface area contributed by atoms with Crippen molar-refractivity contribution in [1.82, 2.24) is 15.1 Å². The number of alkyl halides is 3. The number of carboxylic acids is 1. The fraction of sp³-hybridized carbons (Fsp3) is 0.294. The maximum absolute atomic E-state index is 12.6. The molecule has 1 saturated heterocycles. The van der Waals surface area contributed by atoms with Gasteiger partial charge in [-0.25, -0.2) is 4.79 Å². The highest BCUT2D eigenvalue weighted by atomic mass is 19.4. The first-order chi connectivity index (χ1) is 13.2. The van der Waals surface area contributed by atoms with Gasteiger partial charge in [-0.3, -0.25) is 4.79 Å². The van der Waals surface area contributed by atoms with E-state index in [2.05, 4.69) is 14.9 Å². The van der Waals surface area contributed by atoms with Crippen LogP contribution in [0.3, 0.4) is 0 Å². The maximum Gasteiger partial charge on any atom is 0.573 e. The largest absolute Gasteiger partial charge is 0.573 e. The number of carboxylic acid groups (broad SMARTS) is 1. The van der Waals surface area contributed by atoms with Gasteiger partial charge in [0.15, 0.2) is 11.5 Å². The summed E-state index contributed by atoms with van der Waals surface area (Å²) in [5.74, 6) is -1.84. The molecule has 0 bridgehead atoms. The maximum atomic E-state index is 12.6. The smallest absolute Gasteiger partial charge is 0.476 e. The Balaban J connectivity index is 1.67. The monoisotopic (exact) mass is 396 g/mol. The molecule has 0 unspecified atom stereocenters. The first-order valence-electron chi connectivity index (χ1n) is 8.20. The Morgan fingerprint density at radius 1 is 1.00 bits per heavy atom. The topological polar surface area (TPSA) is 95.9 Å². The van der Waals surface area contributed by atoms with Crippen molar-refractivity contribution in [3.8, 4) is 5.75 Å². The predicted molar refractivity (Wildman–Crippen MR) is 90.2 cm³/mol. The third kappa shape index (κ3) is 4.48. The van der Waals surface area contributed by atoms with Gasteiger partial charge in [-0.15, -0.1) is 23.4 Å². The van der Waals surface area contributed by atoms with Gasteiger partial charge < -0.3 is 19.6 Å². The SMILES string of the molecule is O=C(O)c1ccc(N2CCN(C(=O)c3ccccc3OC(F)(F)F)CC2)nn1. The molecule has 2 heterocycles. The zero-order chi connectivity index (χ0) is 20.3. The molecule has 28 heavy (non-hydrogen) atoms.